The summed E-state index contributed by atoms with van der Waals surface area (Å²) in [7, 11) is 2.14. The van der Waals surface area contributed by atoms with Gasteiger partial charge in [0.25, 0.3) is 0 Å². The molecule has 0 bridgehead atoms. The van der Waals surface area contributed by atoms with E-state index in [4.69, 9.17) is 0 Å². The molecule has 1 saturated heterocycles. The van der Waals surface area contributed by atoms with Crippen molar-refractivity contribution < 1.29 is 4.79 Å². The van der Waals surface area contributed by atoms with Gasteiger partial charge in [0.05, 0.1) is 12.7 Å². The third-order valence-electron chi connectivity index (χ3n) is 2.92. The lowest BCUT2D eigenvalue weighted by Crippen LogP contribution is -2.45. The van der Waals surface area contributed by atoms with Crippen LogP contribution in [-0.2, 0) is 6.54 Å². The molecule has 0 amide bonds. The molecule has 0 aliphatic carbocycles. The standard InChI is InChI=1S/C10H17N5O/c1-13-2-4-14(5-3-13)6-7-15-8-10(9-16)11-12-15/h8-9H,2-7H2,1H3. The molecule has 2 rings (SSSR count). The van der Waals surface area contributed by atoms with Crippen LogP contribution in [0.3, 0.4) is 0 Å². The van der Waals surface area contributed by atoms with Crippen LogP contribution >= 0.6 is 0 Å². The molecule has 1 aromatic heterocycles. The number of carbonyl (C=O) groups is 1. The monoisotopic (exact) mass is 223 g/mol. The Balaban J connectivity index is 1.76. The first kappa shape index (κ1) is 11.2. The normalized spacial score (nSPS) is 18.8. The van der Waals surface area contributed by atoms with E-state index in [9.17, 15) is 4.79 Å². The molecule has 2 heterocycles. The van der Waals surface area contributed by atoms with E-state index in [2.05, 4.69) is 27.2 Å². The summed E-state index contributed by atoms with van der Waals surface area (Å²) in [5.74, 6) is 0. The van der Waals surface area contributed by atoms with E-state index >= 15 is 0 Å². The third-order valence-corrected chi connectivity index (χ3v) is 2.92. The van der Waals surface area contributed by atoms with Crippen molar-refractivity contribution >= 4 is 6.29 Å². The lowest BCUT2D eigenvalue weighted by atomic mass is 10.3. The summed E-state index contributed by atoms with van der Waals surface area (Å²) in [4.78, 5) is 15.2. The highest BCUT2D eigenvalue weighted by Gasteiger charge is 2.13. The van der Waals surface area contributed by atoms with Gasteiger partial charge in [-0.1, -0.05) is 5.21 Å². The first-order valence-corrected chi connectivity index (χ1v) is 5.54. The fourth-order valence-corrected chi connectivity index (χ4v) is 1.79. The molecule has 88 valence electrons. The van der Waals surface area contributed by atoms with Crippen molar-refractivity contribution in [3.05, 3.63) is 11.9 Å². The van der Waals surface area contributed by atoms with Gasteiger partial charge >= 0.3 is 0 Å². The number of rotatable bonds is 4. The Bertz CT molecular complexity index is 343. The van der Waals surface area contributed by atoms with E-state index in [0.29, 0.717) is 5.69 Å². The summed E-state index contributed by atoms with van der Waals surface area (Å²) in [5, 5.41) is 7.61. The number of likely N-dealkylation sites (N-methyl/N-ethyl adjacent to an activating group) is 1. The zero-order chi connectivity index (χ0) is 11.4. The summed E-state index contributed by atoms with van der Waals surface area (Å²) < 4.78 is 1.72. The zero-order valence-corrected chi connectivity index (χ0v) is 9.54. The molecule has 0 N–H and O–H groups in total. The molecule has 0 atom stereocenters. The second-order valence-electron chi connectivity index (χ2n) is 4.17. The summed E-state index contributed by atoms with van der Waals surface area (Å²) in [6.07, 6.45) is 2.41. The van der Waals surface area contributed by atoms with Crippen LogP contribution in [0, 0.1) is 0 Å². The van der Waals surface area contributed by atoms with Gasteiger partial charge < -0.3 is 4.90 Å². The summed E-state index contributed by atoms with van der Waals surface area (Å²) in [6, 6.07) is 0. The Labute approximate surface area is 94.8 Å². The Kier molecular flexibility index (Phi) is 3.63. The van der Waals surface area contributed by atoms with Gasteiger partial charge in [-0.05, 0) is 7.05 Å². The lowest BCUT2D eigenvalue weighted by molar-refractivity contribution is 0.111. The van der Waals surface area contributed by atoms with Crippen LogP contribution in [0.25, 0.3) is 0 Å². The maximum Gasteiger partial charge on any atom is 0.171 e. The fourth-order valence-electron chi connectivity index (χ4n) is 1.79. The molecule has 1 aliphatic heterocycles. The average molecular weight is 223 g/mol. The molecular weight excluding hydrogens is 206 g/mol. The molecule has 1 aliphatic rings. The molecule has 16 heavy (non-hydrogen) atoms. The summed E-state index contributed by atoms with van der Waals surface area (Å²) in [6.45, 7) is 6.21. The molecular formula is C10H17N5O. The Morgan fingerprint density at radius 1 is 1.31 bits per heavy atom. The molecule has 0 radical (unpaired) electrons. The highest BCUT2D eigenvalue weighted by molar-refractivity contribution is 5.70. The molecule has 0 saturated carbocycles. The predicted molar refractivity (Wildman–Crippen MR) is 59.3 cm³/mol. The Morgan fingerprint density at radius 2 is 2.06 bits per heavy atom. The first-order valence-electron chi connectivity index (χ1n) is 5.54. The van der Waals surface area contributed by atoms with E-state index in [1.165, 1.54) is 0 Å². The second-order valence-corrected chi connectivity index (χ2v) is 4.17. The quantitative estimate of drug-likeness (QED) is 0.634. The molecule has 0 unspecified atom stereocenters. The van der Waals surface area contributed by atoms with Crippen molar-refractivity contribution in [1.29, 1.82) is 0 Å². The van der Waals surface area contributed by atoms with Gasteiger partial charge in [0, 0.05) is 32.7 Å². The molecule has 6 nitrogen and oxygen atoms in total. The molecule has 1 aromatic rings. The SMILES string of the molecule is CN1CCN(CCn2cc(C=O)nn2)CC1. The fraction of sp³-hybridized carbons (Fsp3) is 0.700. The lowest BCUT2D eigenvalue weighted by Gasteiger charge is -2.32. The van der Waals surface area contributed by atoms with Crippen molar-refractivity contribution in [2.75, 3.05) is 39.8 Å². The van der Waals surface area contributed by atoms with E-state index < -0.39 is 0 Å². The minimum atomic E-state index is 0.401. The number of piperazine rings is 1. The van der Waals surface area contributed by atoms with E-state index in [1.54, 1.807) is 10.9 Å². The van der Waals surface area contributed by atoms with Gasteiger partial charge in [0.2, 0.25) is 0 Å². The van der Waals surface area contributed by atoms with Gasteiger partial charge in [-0.25, -0.2) is 0 Å². The number of carbonyl (C=O) groups excluding carboxylic acids is 1. The third kappa shape index (κ3) is 2.86. The van der Waals surface area contributed by atoms with Crippen LogP contribution in [0.2, 0.25) is 0 Å². The number of aldehydes is 1. The van der Waals surface area contributed by atoms with Crippen molar-refractivity contribution in [3.8, 4) is 0 Å². The molecule has 1 fully saturated rings. The molecule has 0 spiro atoms. The van der Waals surface area contributed by atoms with Gasteiger partial charge in [-0.3, -0.25) is 14.4 Å². The van der Waals surface area contributed by atoms with Crippen LogP contribution in [0.5, 0.6) is 0 Å². The molecule has 6 heteroatoms. The van der Waals surface area contributed by atoms with Gasteiger partial charge in [-0.15, -0.1) is 5.10 Å². The van der Waals surface area contributed by atoms with Crippen LogP contribution in [-0.4, -0.2) is 70.9 Å². The first-order chi connectivity index (χ1) is 7.78. The van der Waals surface area contributed by atoms with Crippen LogP contribution < -0.4 is 0 Å². The highest BCUT2D eigenvalue weighted by Crippen LogP contribution is 1.99. The van der Waals surface area contributed by atoms with Gasteiger partial charge in [0.1, 0.15) is 5.69 Å². The summed E-state index contributed by atoms with van der Waals surface area (Å²) in [5.41, 5.74) is 0.401. The zero-order valence-electron chi connectivity index (χ0n) is 9.54. The Morgan fingerprint density at radius 3 is 2.69 bits per heavy atom. The predicted octanol–water partition coefficient (Wildman–Crippen LogP) is -0.662. The summed E-state index contributed by atoms with van der Waals surface area (Å²) >= 11 is 0. The van der Waals surface area contributed by atoms with Gasteiger partial charge in [0.15, 0.2) is 6.29 Å². The highest BCUT2D eigenvalue weighted by atomic mass is 16.1. The van der Waals surface area contributed by atoms with Crippen molar-refractivity contribution in [2.24, 2.45) is 0 Å². The van der Waals surface area contributed by atoms with Gasteiger partial charge in [-0.2, -0.15) is 0 Å². The number of hydrogen-bond donors (Lipinski definition) is 0. The Hall–Kier alpha value is -1.27. The van der Waals surface area contributed by atoms with Crippen LogP contribution in [0.4, 0.5) is 0 Å². The van der Waals surface area contributed by atoms with Crippen molar-refractivity contribution in [2.45, 2.75) is 6.54 Å². The smallest absolute Gasteiger partial charge is 0.171 e. The van der Waals surface area contributed by atoms with Crippen molar-refractivity contribution in [3.63, 3.8) is 0 Å². The maximum absolute atomic E-state index is 10.4. The number of nitrogens with zero attached hydrogens (tertiary/aromatic N) is 5. The number of aromatic nitrogens is 3. The van der Waals surface area contributed by atoms with E-state index in [0.717, 1.165) is 45.6 Å². The average Bonchev–Trinajstić information content (AvgIpc) is 2.76. The molecule has 0 aromatic carbocycles. The topological polar surface area (TPSA) is 54.3 Å². The second kappa shape index (κ2) is 5.18. The van der Waals surface area contributed by atoms with Crippen LogP contribution in [0.1, 0.15) is 10.5 Å². The minimum Gasteiger partial charge on any atom is -0.304 e. The largest absolute Gasteiger partial charge is 0.304 e. The van der Waals surface area contributed by atoms with E-state index in [-0.39, 0.29) is 0 Å². The number of hydrogen-bond acceptors (Lipinski definition) is 5. The maximum atomic E-state index is 10.4. The van der Waals surface area contributed by atoms with Crippen molar-refractivity contribution in [1.82, 2.24) is 24.8 Å². The van der Waals surface area contributed by atoms with E-state index in [1.807, 2.05) is 0 Å². The van der Waals surface area contributed by atoms with Crippen LogP contribution in [0.15, 0.2) is 6.20 Å². The minimum absolute atomic E-state index is 0.401.